The highest BCUT2D eigenvalue weighted by Crippen LogP contribution is 2.22. The van der Waals surface area contributed by atoms with Crippen molar-refractivity contribution >= 4 is 29.9 Å². The minimum atomic E-state index is -0.0384. The van der Waals surface area contributed by atoms with Gasteiger partial charge in [-0.25, -0.2) is 9.67 Å². The highest BCUT2D eigenvalue weighted by Gasteiger charge is 2.28. The molecule has 1 aliphatic heterocycles. The van der Waals surface area contributed by atoms with Crippen LogP contribution in [-0.2, 0) is 13.0 Å². The van der Waals surface area contributed by atoms with Crippen molar-refractivity contribution in [2.45, 2.75) is 77.5 Å². The maximum Gasteiger partial charge on any atom is 0.191 e. The largest absolute Gasteiger partial charge is 0.357 e. The molecule has 3 N–H and O–H groups in total. The fourth-order valence-electron chi connectivity index (χ4n) is 4.11. The monoisotopic (exact) mass is 539 g/mol. The molecule has 0 saturated carbocycles. The number of fused-ring (bicyclic) bond motifs is 1. The molecule has 2 atom stereocenters. The van der Waals surface area contributed by atoms with Gasteiger partial charge < -0.3 is 16.0 Å². The fourth-order valence-corrected chi connectivity index (χ4v) is 4.11. The molecule has 0 saturated heterocycles. The summed E-state index contributed by atoms with van der Waals surface area (Å²) < 4.78 is 2.00. The van der Waals surface area contributed by atoms with E-state index in [-0.39, 0.29) is 35.6 Å². The summed E-state index contributed by atoms with van der Waals surface area (Å²) in [7, 11) is 0. The van der Waals surface area contributed by atoms with Crippen LogP contribution in [0.4, 0.5) is 0 Å². The van der Waals surface area contributed by atoms with Crippen molar-refractivity contribution in [1.29, 1.82) is 0 Å². The van der Waals surface area contributed by atoms with Gasteiger partial charge in [-0.3, -0.25) is 4.99 Å². The zero-order valence-electron chi connectivity index (χ0n) is 19.3. The number of guanidine groups is 1. The van der Waals surface area contributed by atoms with Crippen LogP contribution in [-0.4, -0.2) is 45.4 Å². The lowest BCUT2D eigenvalue weighted by Crippen LogP contribution is -2.51. The van der Waals surface area contributed by atoms with Crippen molar-refractivity contribution in [2.24, 2.45) is 4.99 Å². The van der Waals surface area contributed by atoms with Gasteiger partial charge in [-0.2, -0.15) is 5.10 Å². The molecular weight excluding hydrogens is 501 g/mol. The Labute approximate surface area is 203 Å². The van der Waals surface area contributed by atoms with Crippen LogP contribution < -0.4 is 16.0 Å². The third kappa shape index (κ3) is 6.90. The van der Waals surface area contributed by atoms with E-state index in [1.165, 1.54) is 5.56 Å². The Morgan fingerprint density at radius 3 is 2.65 bits per heavy atom. The molecule has 1 aromatic heterocycles. The van der Waals surface area contributed by atoms with Crippen LogP contribution in [0.1, 0.15) is 64.4 Å². The normalized spacial score (nSPS) is 17.4. The predicted molar refractivity (Wildman–Crippen MR) is 138 cm³/mol. The van der Waals surface area contributed by atoms with Gasteiger partial charge in [0.2, 0.25) is 0 Å². The first kappa shape index (κ1) is 25.6. The molecule has 2 unspecified atom stereocenters. The number of nitrogens with one attached hydrogen (secondary N) is 3. The average Bonchev–Trinajstić information content (AvgIpc) is 3.25. The third-order valence-corrected chi connectivity index (χ3v) is 6.21. The Kier molecular flexibility index (Phi) is 10.2. The molecule has 3 rings (SSSR count). The van der Waals surface area contributed by atoms with Gasteiger partial charge in [0.1, 0.15) is 12.2 Å². The fraction of sp³-hybridized carbons (Fsp3) is 0.609. The number of aryl methyl sites for hydroxylation is 1. The van der Waals surface area contributed by atoms with E-state index in [9.17, 15) is 0 Å². The zero-order valence-corrected chi connectivity index (χ0v) is 21.6. The van der Waals surface area contributed by atoms with Crippen LogP contribution in [0.3, 0.4) is 0 Å². The lowest BCUT2D eigenvalue weighted by atomic mass is 9.90. The molecule has 172 valence electrons. The van der Waals surface area contributed by atoms with Gasteiger partial charge in [-0.05, 0) is 38.7 Å². The van der Waals surface area contributed by atoms with Crippen LogP contribution in [0.25, 0.3) is 0 Å². The van der Waals surface area contributed by atoms with Crippen LogP contribution in [0.5, 0.6) is 0 Å². The summed E-state index contributed by atoms with van der Waals surface area (Å²) >= 11 is 0. The second-order valence-electron chi connectivity index (χ2n) is 8.20. The molecule has 0 aliphatic carbocycles. The Morgan fingerprint density at radius 2 is 1.97 bits per heavy atom. The van der Waals surface area contributed by atoms with E-state index in [4.69, 9.17) is 4.99 Å². The molecule has 2 heterocycles. The molecule has 1 aliphatic rings. The summed E-state index contributed by atoms with van der Waals surface area (Å²) in [5.41, 5.74) is 1.27. The first-order chi connectivity index (χ1) is 14.6. The first-order valence-electron chi connectivity index (χ1n) is 11.3. The van der Waals surface area contributed by atoms with E-state index in [1.54, 1.807) is 6.33 Å². The van der Waals surface area contributed by atoms with Gasteiger partial charge in [0.15, 0.2) is 5.96 Å². The first-order valence-corrected chi connectivity index (χ1v) is 11.3. The van der Waals surface area contributed by atoms with Crippen LogP contribution >= 0.6 is 24.0 Å². The molecule has 0 fully saturated rings. The van der Waals surface area contributed by atoms with Gasteiger partial charge in [-0.15, -0.1) is 24.0 Å². The predicted octanol–water partition coefficient (Wildman–Crippen LogP) is 3.68. The Bertz CT molecular complexity index is 801. The number of aliphatic imine (C=N–C) groups is 1. The number of halogens is 1. The maximum absolute atomic E-state index is 5.00. The van der Waals surface area contributed by atoms with E-state index >= 15 is 0 Å². The lowest BCUT2D eigenvalue weighted by Gasteiger charge is -2.35. The SMILES string of the molecule is CCNC(=NCC(CC)(CC)NC(C)c1ccccc1)NC1CCc2ncnn2C1.I. The molecule has 31 heavy (non-hydrogen) atoms. The molecule has 0 radical (unpaired) electrons. The summed E-state index contributed by atoms with van der Waals surface area (Å²) in [5, 5.41) is 15.2. The van der Waals surface area contributed by atoms with Crippen molar-refractivity contribution in [3.63, 3.8) is 0 Å². The summed E-state index contributed by atoms with van der Waals surface area (Å²) in [6, 6.07) is 11.2. The van der Waals surface area contributed by atoms with Crippen LogP contribution in [0.2, 0.25) is 0 Å². The van der Waals surface area contributed by atoms with E-state index < -0.39 is 0 Å². The van der Waals surface area contributed by atoms with Crippen LogP contribution in [0.15, 0.2) is 41.7 Å². The van der Waals surface area contributed by atoms with E-state index in [0.29, 0.717) is 6.04 Å². The summed E-state index contributed by atoms with van der Waals surface area (Å²) in [6.07, 6.45) is 5.68. The zero-order chi connectivity index (χ0) is 21.4. The highest BCUT2D eigenvalue weighted by molar-refractivity contribution is 14.0. The topological polar surface area (TPSA) is 79.2 Å². The van der Waals surface area contributed by atoms with E-state index in [2.05, 4.69) is 84.1 Å². The Balaban J connectivity index is 0.00000341. The van der Waals surface area contributed by atoms with Gasteiger partial charge in [0.05, 0.1) is 13.1 Å². The Hall–Kier alpha value is -1.68. The van der Waals surface area contributed by atoms with Gasteiger partial charge in [0.25, 0.3) is 0 Å². The molecular formula is C23H38IN7. The number of hydrogen-bond acceptors (Lipinski definition) is 4. The number of rotatable bonds is 9. The summed E-state index contributed by atoms with van der Waals surface area (Å²) in [6.45, 7) is 11.2. The van der Waals surface area contributed by atoms with Crippen molar-refractivity contribution in [2.75, 3.05) is 13.1 Å². The molecule has 8 heteroatoms. The molecule has 0 spiro atoms. The molecule has 2 aromatic rings. The second kappa shape index (κ2) is 12.4. The molecule has 1 aromatic carbocycles. The van der Waals surface area contributed by atoms with Crippen molar-refractivity contribution in [1.82, 2.24) is 30.7 Å². The smallest absolute Gasteiger partial charge is 0.191 e. The number of nitrogens with zero attached hydrogens (tertiary/aromatic N) is 4. The molecule has 0 amide bonds. The van der Waals surface area contributed by atoms with E-state index in [0.717, 1.165) is 57.1 Å². The summed E-state index contributed by atoms with van der Waals surface area (Å²) in [4.78, 5) is 9.32. The molecule has 7 nitrogen and oxygen atoms in total. The van der Waals surface area contributed by atoms with Gasteiger partial charge in [0, 0.05) is 30.6 Å². The van der Waals surface area contributed by atoms with Crippen LogP contribution in [0, 0.1) is 0 Å². The maximum atomic E-state index is 5.00. The minimum absolute atomic E-state index is 0. The quantitative estimate of drug-likeness (QED) is 0.258. The number of benzene rings is 1. The van der Waals surface area contributed by atoms with Crippen molar-refractivity contribution < 1.29 is 0 Å². The van der Waals surface area contributed by atoms with Crippen molar-refractivity contribution in [3.05, 3.63) is 48.0 Å². The lowest BCUT2D eigenvalue weighted by molar-refractivity contribution is 0.280. The molecule has 0 bridgehead atoms. The second-order valence-corrected chi connectivity index (χ2v) is 8.20. The number of hydrogen-bond donors (Lipinski definition) is 3. The van der Waals surface area contributed by atoms with Crippen molar-refractivity contribution in [3.8, 4) is 0 Å². The minimum Gasteiger partial charge on any atom is -0.357 e. The Morgan fingerprint density at radius 1 is 1.23 bits per heavy atom. The highest BCUT2D eigenvalue weighted by atomic mass is 127. The van der Waals surface area contributed by atoms with Gasteiger partial charge in [-0.1, -0.05) is 44.2 Å². The van der Waals surface area contributed by atoms with Gasteiger partial charge >= 0.3 is 0 Å². The average molecular weight is 540 g/mol. The summed E-state index contributed by atoms with van der Waals surface area (Å²) in [5.74, 6) is 1.96. The third-order valence-electron chi connectivity index (χ3n) is 6.21. The standard InChI is InChI=1S/C23H37N7.HI/c1-5-23(6-2,29-18(4)19-11-9-8-10-12-19)16-25-22(24-7-3)28-20-13-14-21-26-17-27-30(21)15-20;/h8-12,17-18,20,29H,5-7,13-16H2,1-4H3,(H2,24,25,28);1H. The van der Waals surface area contributed by atoms with E-state index in [1.807, 2.05) is 4.68 Å². The number of aromatic nitrogens is 3.